The minimum atomic E-state index is -0.770. The minimum absolute atomic E-state index is 0.110. The molecule has 1 aliphatic rings. The molecule has 0 spiro atoms. The Kier molecular flexibility index (Phi) is 5.41. The molecule has 1 N–H and O–H groups in total. The summed E-state index contributed by atoms with van der Waals surface area (Å²) in [6.45, 7) is 4.86. The van der Waals surface area contributed by atoms with Gasteiger partial charge in [0.1, 0.15) is 5.82 Å². The molecular formula is C22H24FN3O2. The van der Waals surface area contributed by atoms with Crippen molar-refractivity contribution < 1.29 is 14.3 Å². The van der Waals surface area contributed by atoms with Crippen LogP contribution >= 0.6 is 0 Å². The summed E-state index contributed by atoms with van der Waals surface area (Å²) in [6, 6.07) is 17.2. The van der Waals surface area contributed by atoms with E-state index in [-0.39, 0.29) is 12.4 Å². The van der Waals surface area contributed by atoms with Crippen LogP contribution in [0.2, 0.25) is 0 Å². The number of hydrogen-bond donors (Lipinski definition) is 1. The zero-order valence-electron chi connectivity index (χ0n) is 15.7. The highest BCUT2D eigenvalue weighted by Crippen LogP contribution is 2.23. The van der Waals surface area contributed by atoms with Gasteiger partial charge in [-0.15, -0.1) is 0 Å². The fraction of sp³-hybridized carbons (Fsp3) is 0.318. The minimum Gasteiger partial charge on any atom is -0.480 e. The number of aromatic nitrogens is 1. The van der Waals surface area contributed by atoms with Crippen LogP contribution in [0.3, 0.4) is 0 Å². The number of carbonyl (C=O) groups is 1. The van der Waals surface area contributed by atoms with E-state index in [1.807, 2.05) is 29.2 Å². The van der Waals surface area contributed by atoms with Gasteiger partial charge in [0.2, 0.25) is 0 Å². The Morgan fingerprint density at radius 3 is 2.32 bits per heavy atom. The van der Waals surface area contributed by atoms with E-state index in [2.05, 4.69) is 27.7 Å². The number of aliphatic carboxylic acids is 1. The van der Waals surface area contributed by atoms with Crippen molar-refractivity contribution >= 4 is 16.9 Å². The molecule has 0 saturated carbocycles. The van der Waals surface area contributed by atoms with E-state index in [4.69, 9.17) is 5.11 Å². The quantitative estimate of drug-likeness (QED) is 0.713. The predicted molar refractivity (Wildman–Crippen MR) is 107 cm³/mol. The largest absolute Gasteiger partial charge is 0.480 e. The van der Waals surface area contributed by atoms with Gasteiger partial charge >= 0.3 is 5.97 Å². The average molecular weight is 381 g/mol. The van der Waals surface area contributed by atoms with E-state index in [0.29, 0.717) is 6.54 Å². The van der Waals surface area contributed by atoms with Crippen LogP contribution in [-0.4, -0.2) is 58.2 Å². The number of carboxylic acids is 1. The van der Waals surface area contributed by atoms with Crippen molar-refractivity contribution in [3.8, 4) is 0 Å². The second-order valence-corrected chi connectivity index (χ2v) is 7.35. The molecule has 2 aromatic carbocycles. The molecule has 0 atom stereocenters. The van der Waals surface area contributed by atoms with Crippen molar-refractivity contribution in [1.29, 1.82) is 0 Å². The van der Waals surface area contributed by atoms with Crippen LogP contribution in [-0.2, 0) is 17.9 Å². The number of halogens is 1. The van der Waals surface area contributed by atoms with Crippen LogP contribution < -0.4 is 0 Å². The van der Waals surface area contributed by atoms with E-state index in [1.165, 1.54) is 28.7 Å². The molecule has 0 bridgehead atoms. The van der Waals surface area contributed by atoms with Crippen LogP contribution in [0.15, 0.2) is 54.6 Å². The van der Waals surface area contributed by atoms with Gasteiger partial charge in [-0.25, -0.2) is 4.39 Å². The maximum atomic E-state index is 13.3. The summed E-state index contributed by atoms with van der Waals surface area (Å²) in [7, 11) is 0. The van der Waals surface area contributed by atoms with Gasteiger partial charge in [0.05, 0.1) is 6.54 Å². The Bertz CT molecular complexity index is 960. The lowest BCUT2D eigenvalue weighted by atomic mass is 10.2. The summed E-state index contributed by atoms with van der Waals surface area (Å²) in [4.78, 5) is 15.2. The molecule has 1 aliphatic heterocycles. The molecule has 28 heavy (non-hydrogen) atoms. The Morgan fingerprint density at radius 1 is 0.929 bits per heavy atom. The monoisotopic (exact) mass is 381 g/mol. The summed E-state index contributed by atoms with van der Waals surface area (Å²) in [5, 5.41) is 10.2. The Hall–Kier alpha value is -2.70. The first kappa shape index (κ1) is 18.7. The van der Waals surface area contributed by atoms with E-state index in [0.717, 1.165) is 38.3 Å². The first-order valence-corrected chi connectivity index (χ1v) is 9.56. The molecular weight excluding hydrogens is 357 g/mol. The van der Waals surface area contributed by atoms with Gasteiger partial charge in [0.25, 0.3) is 0 Å². The molecule has 2 heterocycles. The fourth-order valence-corrected chi connectivity index (χ4v) is 3.88. The molecule has 4 rings (SSSR count). The number of rotatable bonds is 6. The first-order chi connectivity index (χ1) is 13.6. The molecule has 1 saturated heterocycles. The molecule has 0 amide bonds. The first-order valence-electron chi connectivity index (χ1n) is 9.56. The van der Waals surface area contributed by atoms with Crippen LogP contribution in [0.4, 0.5) is 4.39 Å². The zero-order chi connectivity index (χ0) is 19.5. The normalized spacial score (nSPS) is 15.9. The average Bonchev–Trinajstić information content (AvgIpc) is 3.02. The second kappa shape index (κ2) is 8.12. The van der Waals surface area contributed by atoms with Crippen molar-refractivity contribution in [2.45, 2.75) is 13.1 Å². The number of para-hydroxylation sites is 1. The highest BCUT2D eigenvalue weighted by Gasteiger charge is 2.20. The molecule has 5 nitrogen and oxygen atoms in total. The molecule has 146 valence electrons. The smallest absolute Gasteiger partial charge is 0.317 e. The van der Waals surface area contributed by atoms with Gasteiger partial charge in [-0.2, -0.15) is 0 Å². The van der Waals surface area contributed by atoms with Crippen molar-refractivity contribution in [1.82, 2.24) is 14.4 Å². The van der Waals surface area contributed by atoms with E-state index >= 15 is 0 Å². The number of hydrogen-bond acceptors (Lipinski definition) is 3. The van der Waals surface area contributed by atoms with Crippen LogP contribution in [0, 0.1) is 5.82 Å². The third-order valence-corrected chi connectivity index (χ3v) is 5.36. The van der Waals surface area contributed by atoms with Crippen LogP contribution in [0.5, 0.6) is 0 Å². The summed E-state index contributed by atoms with van der Waals surface area (Å²) < 4.78 is 15.6. The standard InChI is InChI=1S/C22H24FN3O2/c23-19-7-5-17(6-8-19)14-26-20(13-18-3-1-2-4-21(18)26)15-24-9-11-25(12-10-24)16-22(27)28/h1-8,13H,9-12,14-16H2,(H,27,28). The Morgan fingerprint density at radius 2 is 1.61 bits per heavy atom. The van der Waals surface area contributed by atoms with Gasteiger partial charge in [-0.3, -0.25) is 14.6 Å². The zero-order valence-corrected chi connectivity index (χ0v) is 15.7. The van der Waals surface area contributed by atoms with Gasteiger partial charge < -0.3 is 9.67 Å². The van der Waals surface area contributed by atoms with Crippen LogP contribution in [0.1, 0.15) is 11.3 Å². The predicted octanol–water partition coefficient (Wildman–Crippen LogP) is 3.03. The lowest BCUT2D eigenvalue weighted by molar-refractivity contribution is -0.138. The Balaban J connectivity index is 1.53. The number of benzene rings is 2. The van der Waals surface area contributed by atoms with E-state index in [1.54, 1.807) is 0 Å². The Labute approximate surface area is 163 Å². The number of fused-ring (bicyclic) bond motifs is 1. The van der Waals surface area contributed by atoms with Crippen molar-refractivity contribution in [3.63, 3.8) is 0 Å². The SMILES string of the molecule is O=C(O)CN1CCN(Cc2cc3ccccc3n2Cc2ccc(F)cc2)CC1. The molecule has 0 radical (unpaired) electrons. The molecule has 6 heteroatoms. The van der Waals surface area contributed by atoms with E-state index in [9.17, 15) is 9.18 Å². The molecule has 0 aliphatic carbocycles. The van der Waals surface area contributed by atoms with E-state index < -0.39 is 5.97 Å². The summed E-state index contributed by atoms with van der Waals surface area (Å²) in [5.74, 6) is -0.992. The second-order valence-electron chi connectivity index (χ2n) is 7.35. The molecule has 3 aromatic rings. The number of piperazine rings is 1. The fourth-order valence-electron chi connectivity index (χ4n) is 3.88. The summed E-state index contributed by atoms with van der Waals surface area (Å²) in [6.07, 6.45) is 0. The third-order valence-electron chi connectivity index (χ3n) is 5.36. The number of carboxylic acid groups (broad SMARTS) is 1. The highest BCUT2D eigenvalue weighted by molar-refractivity contribution is 5.81. The highest BCUT2D eigenvalue weighted by atomic mass is 19.1. The topological polar surface area (TPSA) is 48.7 Å². The van der Waals surface area contributed by atoms with Crippen molar-refractivity contribution in [2.75, 3.05) is 32.7 Å². The lowest BCUT2D eigenvalue weighted by Gasteiger charge is -2.33. The maximum Gasteiger partial charge on any atom is 0.317 e. The van der Waals surface area contributed by atoms with Crippen molar-refractivity contribution in [2.24, 2.45) is 0 Å². The van der Waals surface area contributed by atoms with Crippen LogP contribution in [0.25, 0.3) is 10.9 Å². The third kappa shape index (κ3) is 4.24. The number of nitrogens with zero attached hydrogens (tertiary/aromatic N) is 3. The summed E-state index contributed by atoms with van der Waals surface area (Å²) in [5.41, 5.74) is 3.46. The lowest BCUT2D eigenvalue weighted by Crippen LogP contribution is -2.47. The van der Waals surface area contributed by atoms with Gasteiger partial charge in [-0.1, -0.05) is 30.3 Å². The van der Waals surface area contributed by atoms with Crippen molar-refractivity contribution in [3.05, 3.63) is 71.7 Å². The molecule has 0 unspecified atom stereocenters. The van der Waals surface area contributed by atoms with Gasteiger partial charge in [0, 0.05) is 50.5 Å². The maximum absolute atomic E-state index is 13.3. The summed E-state index contributed by atoms with van der Waals surface area (Å²) >= 11 is 0. The van der Waals surface area contributed by atoms with Gasteiger partial charge in [-0.05, 0) is 35.2 Å². The molecule has 1 fully saturated rings. The van der Waals surface area contributed by atoms with Gasteiger partial charge in [0.15, 0.2) is 0 Å². The molecule has 1 aromatic heterocycles.